The molecule has 0 amide bonds. The van der Waals surface area contributed by atoms with E-state index in [1.807, 2.05) is 77.9 Å². The number of likely N-dealkylation sites (tertiary alicyclic amines) is 1. The van der Waals surface area contributed by atoms with Crippen LogP contribution in [0.15, 0.2) is 54.9 Å². The Balaban J connectivity index is 0.00000141. The van der Waals surface area contributed by atoms with E-state index in [1.54, 1.807) is 7.11 Å². The molecule has 0 saturated carbocycles. The molecule has 4 heterocycles. The number of nitrogens with zero attached hydrogens (tertiary/aromatic N) is 6. The van der Waals surface area contributed by atoms with Crippen LogP contribution in [0.1, 0.15) is 26.7 Å². The maximum atomic E-state index is 5.89. The highest BCUT2D eigenvalue weighted by Crippen LogP contribution is 2.23. The van der Waals surface area contributed by atoms with Crippen molar-refractivity contribution in [3.8, 4) is 17.0 Å². The van der Waals surface area contributed by atoms with Gasteiger partial charge >= 0.3 is 0 Å². The van der Waals surface area contributed by atoms with E-state index < -0.39 is 0 Å². The lowest BCUT2D eigenvalue weighted by Gasteiger charge is -2.15. The molecule has 0 bridgehead atoms. The van der Waals surface area contributed by atoms with Gasteiger partial charge in [0.25, 0.3) is 0 Å². The van der Waals surface area contributed by atoms with Crippen LogP contribution in [-0.4, -0.2) is 69.2 Å². The molecule has 0 atom stereocenters. The van der Waals surface area contributed by atoms with E-state index in [0.29, 0.717) is 25.7 Å². The van der Waals surface area contributed by atoms with Crippen LogP contribution in [0.2, 0.25) is 0 Å². The van der Waals surface area contributed by atoms with Gasteiger partial charge in [-0.2, -0.15) is 10.1 Å². The molecule has 1 aliphatic rings. The first kappa shape index (κ1) is 24.7. The van der Waals surface area contributed by atoms with Gasteiger partial charge in [-0.25, -0.2) is 4.52 Å². The van der Waals surface area contributed by atoms with Crippen molar-refractivity contribution < 1.29 is 9.47 Å². The number of ether oxygens (including phenoxy) is 2. The molecule has 4 aromatic rings. The van der Waals surface area contributed by atoms with Crippen molar-refractivity contribution in [1.29, 1.82) is 0 Å². The molecule has 186 valence electrons. The molecule has 0 aliphatic carbocycles. The van der Waals surface area contributed by atoms with Gasteiger partial charge in [0, 0.05) is 31.1 Å². The molecule has 9 heteroatoms. The average molecular weight is 478 g/mol. The quantitative estimate of drug-likeness (QED) is 0.361. The van der Waals surface area contributed by atoms with Gasteiger partial charge in [0.15, 0.2) is 5.65 Å². The lowest BCUT2D eigenvalue weighted by atomic mass is 10.2. The number of aromatic nitrogens is 5. The molecule has 0 unspecified atom stereocenters. The fourth-order valence-corrected chi connectivity index (χ4v) is 4.04. The van der Waals surface area contributed by atoms with Crippen LogP contribution in [0.3, 0.4) is 0 Å². The highest BCUT2D eigenvalue weighted by Gasteiger charge is 2.12. The van der Waals surface area contributed by atoms with E-state index >= 15 is 0 Å². The monoisotopic (exact) mass is 477 g/mol. The van der Waals surface area contributed by atoms with Crippen LogP contribution in [0.4, 0.5) is 11.6 Å². The molecule has 1 aliphatic heterocycles. The number of pyridine rings is 1. The molecule has 0 radical (unpaired) electrons. The van der Waals surface area contributed by atoms with Gasteiger partial charge in [0.2, 0.25) is 5.95 Å². The Morgan fingerprint density at radius 1 is 0.971 bits per heavy atom. The molecular formula is C26H35N7O2. The predicted octanol–water partition coefficient (Wildman–Crippen LogP) is 4.48. The Bertz CT molecular complexity index is 1180. The summed E-state index contributed by atoms with van der Waals surface area (Å²) >= 11 is 0. The number of hydrogen-bond donors (Lipinski definition) is 1. The van der Waals surface area contributed by atoms with Crippen LogP contribution in [-0.2, 0) is 11.3 Å². The molecule has 3 aromatic heterocycles. The van der Waals surface area contributed by atoms with Gasteiger partial charge < -0.3 is 14.8 Å². The SMILES string of the molecule is CC.COCCn1cc(-c2cccc3nc(Nc4ccc(OCCN5CCCC5)cc4)nn23)cn1. The van der Waals surface area contributed by atoms with Crippen LogP contribution in [0.5, 0.6) is 5.75 Å². The Morgan fingerprint density at radius 3 is 2.54 bits per heavy atom. The maximum absolute atomic E-state index is 5.89. The molecule has 1 N–H and O–H groups in total. The minimum absolute atomic E-state index is 0.539. The topological polar surface area (TPSA) is 81.7 Å². The summed E-state index contributed by atoms with van der Waals surface area (Å²) in [6.45, 7) is 9.40. The molecule has 9 nitrogen and oxygen atoms in total. The van der Waals surface area contributed by atoms with Crippen molar-refractivity contribution in [2.45, 2.75) is 33.2 Å². The van der Waals surface area contributed by atoms with E-state index in [1.165, 1.54) is 25.9 Å². The maximum Gasteiger partial charge on any atom is 0.247 e. The summed E-state index contributed by atoms with van der Waals surface area (Å²) in [5, 5.41) is 12.4. The molecule has 0 spiro atoms. The third-order valence-corrected chi connectivity index (χ3v) is 5.80. The fourth-order valence-electron chi connectivity index (χ4n) is 4.04. The van der Waals surface area contributed by atoms with E-state index in [9.17, 15) is 0 Å². The molecule has 1 fully saturated rings. The summed E-state index contributed by atoms with van der Waals surface area (Å²) in [7, 11) is 1.69. The number of fused-ring (bicyclic) bond motifs is 1. The third-order valence-electron chi connectivity index (χ3n) is 5.80. The standard InChI is InChI=1S/C24H29N7O2.C2H6/c1-32-15-14-30-18-19(17-25-30)22-5-4-6-23-27-24(28-31(22)23)26-20-7-9-21(10-8-20)33-16-13-29-11-2-3-12-29;1-2/h4-10,17-18H,2-3,11-16H2,1H3,(H,26,28);1-2H3. The average Bonchev–Trinajstić information content (AvgIpc) is 3.66. The first-order valence-electron chi connectivity index (χ1n) is 12.4. The predicted molar refractivity (Wildman–Crippen MR) is 138 cm³/mol. The lowest BCUT2D eigenvalue weighted by Crippen LogP contribution is -2.25. The van der Waals surface area contributed by atoms with Crippen molar-refractivity contribution in [1.82, 2.24) is 29.3 Å². The number of benzene rings is 1. The van der Waals surface area contributed by atoms with Gasteiger partial charge in [0.1, 0.15) is 12.4 Å². The van der Waals surface area contributed by atoms with Crippen LogP contribution in [0, 0.1) is 0 Å². The molecule has 35 heavy (non-hydrogen) atoms. The largest absolute Gasteiger partial charge is 0.492 e. The van der Waals surface area contributed by atoms with Gasteiger partial charge in [0.05, 0.1) is 25.0 Å². The first-order valence-corrected chi connectivity index (χ1v) is 12.4. The summed E-state index contributed by atoms with van der Waals surface area (Å²) in [4.78, 5) is 7.07. The normalized spacial score (nSPS) is 13.6. The van der Waals surface area contributed by atoms with Gasteiger partial charge in [-0.05, 0) is 62.3 Å². The van der Waals surface area contributed by atoms with E-state index in [2.05, 4.69) is 25.4 Å². The summed E-state index contributed by atoms with van der Waals surface area (Å²) in [5.74, 6) is 1.41. The smallest absolute Gasteiger partial charge is 0.247 e. The first-order chi connectivity index (χ1) is 17.3. The summed E-state index contributed by atoms with van der Waals surface area (Å²) in [6, 6.07) is 13.8. The second-order valence-electron chi connectivity index (χ2n) is 8.15. The van der Waals surface area contributed by atoms with Crippen LogP contribution < -0.4 is 10.1 Å². The number of rotatable bonds is 10. The van der Waals surface area contributed by atoms with Crippen LogP contribution >= 0.6 is 0 Å². The van der Waals surface area contributed by atoms with Gasteiger partial charge in [-0.15, -0.1) is 5.10 Å². The minimum atomic E-state index is 0.539. The van der Waals surface area contributed by atoms with E-state index in [-0.39, 0.29) is 0 Å². The highest BCUT2D eigenvalue weighted by atomic mass is 16.5. The van der Waals surface area contributed by atoms with Gasteiger partial charge in [-0.1, -0.05) is 19.9 Å². The molecule has 5 rings (SSSR count). The van der Waals surface area contributed by atoms with Crippen molar-refractivity contribution in [2.24, 2.45) is 0 Å². The summed E-state index contributed by atoms with van der Waals surface area (Å²) in [6.07, 6.45) is 6.43. The van der Waals surface area contributed by atoms with Crippen molar-refractivity contribution in [3.63, 3.8) is 0 Å². The lowest BCUT2D eigenvalue weighted by molar-refractivity contribution is 0.183. The third kappa shape index (κ3) is 6.37. The zero-order chi connectivity index (χ0) is 24.5. The van der Waals surface area contributed by atoms with Crippen molar-refractivity contribution >= 4 is 17.3 Å². The number of methoxy groups -OCH3 is 1. The number of anilines is 2. The second kappa shape index (κ2) is 12.3. The summed E-state index contributed by atoms with van der Waals surface area (Å²) < 4.78 is 14.7. The van der Waals surface area contributed by atoms with Crippen molar-refractivity contribution in [3.05, 3.63) is 54.9 Å². The zero-order valence-corrected chi connectivity index (χ0v) is 20.9. The van der Waals surface area contributed by atoms with Gasteiger partial charge in [-0.3, -0.25) is 9.58 Å². The Morgan fingerprint density at radius 2 is 1.77 bits per heavy atom. The molecule has 1 aromatic carbocycles. The highest BCUT2D eigenvalue weighted by molar-refractivity contribution is 5.63. The Labute approximate surface area is 206 Å². The number of nitrogens with one attached hydrogen (secondary N) is 1. The zero-order valence-electron chi connectivity index (χ0n) is 20.9. The summed E-state index contributed by atoms with van der Waals surface area (Å²) in [5.41, 5.74) is 3.58. The number of hydrogen-bond acceptors (Lipinski definition) is 7. The van der Waals surface area contributed by atoms with E-state index in [0.717, 1.165) is 34.9 Å². The fraction of sp³-hybridized carbons (Fsp3) is 0.423. The Hall–Kier alpha value is -3.43. The second-order valence-corrected chi connectivity index (χ2v) is 8.15. The van der Waals surface area contributed by atoms with Crippen molar-refractivity contribution in [2.75, 3.05) is 45.3 Å². The minimum Gasteiger partial charge on any atom is -0.492 e. The van der Waals surface area contributed by atoms with E-state index in [4.69, 9.17) is 9.47 Å². The Kier molecular flexibility index (Phi) is 8.69. The van der Waals surface area contributed by atoms with Crippen LogP contribution in [0.25, 0.3) is 16.9 Å². The molecule has 1 saturated heterocycles. The molecular weight excluding hydrogens is 442 g/mol.